The summed E-state index contributed by atoms with van der Waals surface area (Å²) in [5.41, 5.74) is 3.97. The standard InChI is InChI=1S/C22H20N4OS/c1-25(18-9-3-2-4-10-18)21(27)16-28-22-24-19-11-5-6-12-20(19)26(22)15-17-8-7-13-23-14-17/h2-14H,15-16H2,1H3. The second-order valence-electron chi connectivity index (χ2n) is 6.41. The van der Waals surface area contributed by atoms with E-state index in [-0.39, 0.29) is 5.91 Å². The molecule has 0 spiro atoms. The Morgan fingerprint density at radius 3 is 2.61 bits per heavy atom. The highest BCUT2D eigenvalue weighted by Gasteiger charge is 2.16. The molecule has 0 radical (unpaired) electrons. The third-order valence-corrected chi connectivity index (χ3v) is 5.49. The molecular weight excluding hydrogens is 368 g/mol. The van der Waals surface area contributed by atoms with E-state index in [1.165, 1.54) is 11.8 Å². The van der Waals surface area contributed by atoms with E-state index in [1.807, 2.05) is 66.9 Å². The molecule has 0 N–H and O–H groups in total. The monoisotopic (exact) mass is 388 g/mol. The summed E-state index contributed by atoms with van der Waals surface area (Å²) in [5, 5.41) is 0.833. The summed E-state index contributed by atoms with van der Waals surface area (Å²) in [6, 6.07) is 21.7. The van der Waals surface area contributed by atoms with Gasteiger partial charge in [-0.2, -0.15) is 0 Å². The Morgan fingerprint density at radius 1 is 1.04 bits per heavy atom. The number of nitrogens with zero attached hydrogens (tertiary/aromatic N) is 4. The first-order valence-electron chi connectivity index (χ1n) is 9.01. The van der Waals surface area contributed by atoms with Crippen molar-refractivity contribution in [1.29, 1.82) is 0 Å². The van der Waals surface area contributed by atoms with Gasteiger partial charge in [-0.1, -0.05) is 48.2 Å². The van der Waals surface area contributed by atoms with Crippen LogP contribution < -0.4 is 4.90 Å². The van der Waals surface area contributed by atoms with Gasteiger partial charge in [0.25, 0.3) is 0 Å². The van der Waals surface area contributed by atoms with Gasteiger partial charge in [0.15, 0.2) is 5.16 Å². The highest BCUT2D eigenvalue weighted by Crippen LogP contribution is 2.26. The number of rotatable bonds is 6. The molecule has 6 heteroatoms. The normalized spacial score (nSPS) is 10.9. The van der Waals surface area contributed by atoms with Crippen molar-refractivity contribution in [3.8, 4) is 0 Å². The van der Waals surface area contributed by atoms with Crippen LogP contribution in [-0.2, 0) is 11.3 Å². The molecule has 0 unspecified atom stereocenters. The van der Waals surface area contributed by atoms with Crippen LogP contribution in [0.5, 0.6) is 0 Å². The van der Waals surface area contributed by atoms with Crippen molar-refractivity contribution in [3.63, 3.8) is 0 Å². The number of anilines is 1. The van der Waals surface area contributed by atoms with Crippen molar-refractivity contribution >= 4 is 34.4 Å². The Hall–Kier alpha value is -3.12. The number of benzene rings is 2. The minimum absolute atomic E-state index is 0.0381. The summed E-state index contributed by atoms with van der Waals surface area (Å²) in [5.74, 6) is 0.359. The Bertz CT molecular complexity index is 1080. The van der Waals surface area contributed by atoms with Crippen molar-refractivity contribution in [2.24, 2.45) is 0 Å². The third kappa shape index (κ3) is 3.92. The van der Waals surface area contributed by atoms with Gasteiger partial charge in [-0.15, -0.1) is 0 Å². The van der Waals surface area contributed by atoms with Crippen LogP contribution in [0.3, 0.4) is 0 Å². The lowest BCUT2D eigenvalue weighted by Crippen LogP contribution is -2.27. The average molecular weight is 388 g/mol. The number of imidazole rings is 1. The number of carbonyl (C=O) groups is 1. The quantitative estimate of drug-likeness (QED) is 0.464. The summed E-state index contributed by atoms with van der Waals surface area (Å²) in [4.78, 5) is 23.3. The Balaban J connectivity index is 1.56. The van der Waals surface area contributed by atoms with Gasteiger partial charge in [0.05, 0.1) is 23.3 Å². The molecule has 0 atom stereocenters. The van der Waals surface area contributed by atoms with Crippen LogP contribution in [0, 0.1) is 0 Å². The van der Waals surface area contributed by atoms with E-state index in [2.05, 4.69) is 15.6 Å². The van der Waals surface area contributed by atoms with E-state index in [4.69, 9.17) is 4.98 Å². The van der Waals surface area contributed by atoms with Crippen LogP contribution in [0.4, 0.5) is 5.69 Å². The molecule has 2 aromatic heterocycles. The zero-order valence-electron chi connectivity index (χ0n) is 15.5. The van der Waals surface area contributed by atoms with Crippen molar-refractivity contribution < 1.29 is 4.79 Å². The van der Waals surface area contributed by atoms with Gasteiger partial charge < -0.3 is 9.47 Å². The second-order valence-corrected chi connectivity index (χ2v) is 7.35. The zero-order valence-corrected chi connectivity index (χ0v) is 16.3. The van der Waals surface area contributed by atoms with Crippen LogP contribution in [0.2, 0.25) is 0 Å². The van der Waals surface area contributed by atoms with Crippen LogP contribution >= 0.6 is 11.8 Å². The minimum Gasteiger partial charge on any atom is -0.315 e. The summed E-state index contributed by atoms with van der Waals surface area (Å²) in [6.07, 6.45) is 3.63. The fourth-order valence-electron chi connectivity index (χ4n) is 3.01. The molecule has 4 rings (SSSR count). The first kappa shape index (κ1) is 18.3. The lowest BCUT2D eigenvalue weighted by Gasteiger charge is -2.17. The number of amides is 1. The van der Waals surface area contributed by atoms with E-state index in [0.717, 1.165) is 27.4 Å². The molecule has 5 nitrogen and oxygen atoms in total. The van der Waals surface area contributed by atoms with E-state index in [9.17, 15) is 4.79 Å². The molecular formula is C22H20N4OS. The number of para-hydroxylation sites is 3. The molecule has 0 aliphatic heterocycles. The molecule has 0 saturated heterocycles. The van der Waals surface area contributed by atoms with Crippen LogP contribution in [0.15, 0.2) is 84.3 Å². The SMILES string of the molecule is CN(C(=O)CSc1nc2ccccc2n1Cc1cccnc1)c1ccccc1. The molecule has 0 aliphatic rings. The molecule has 0 fully saturated rings. The lowest BCUT2D eigenvalue weighted by atomic mass is 10.2. The predicted molar refractivity (Wildman–Crippen MR) is 114 cm³/mol. The number of hydrogen-bond acceptors (Lipinski definition) is 4. The summed E-state index contributed by atoms with van der Waals surface area (Å²) in [7, 11) is 1.80. The number of thioether (sulfide) groups is 1. The van der Waals surface area contributed by atoms with Crippen molar-refractivity contribution in [3.05, 3.63) is 84.7 Å². The summed E-state index contributed by atoms with van der Waals surface area (Å²) >= 11 is 1.46. The summed E-state index contributed by atoms with van der Waals surface area (Å²) < 4.78 is 2.15. The number of pyridine rings is 1. The van der Waals surface area contributed by atoms with Gasteiger partial charge in [0, 0.05) is 25.1 Å². The molecule has 1 amide bonds. The number of carbonyl (C=O) groups excluding carboxylic acids is 1. The zero-order chi connectivity index (χ0) is 19.3. The third-order valence-electron chi connectivity index (χ3n) is 4.53. The maximum absolute atomic E-state index is 12.7. The first-order valence-corrected chi connectivity index (χ1v) is 9.99. The topological polar surface area (TPSA) is 51.0 Å². The second kappa shape index (κ2) is 8.27. The fraction of sp³-hybridized carbons (Fsp3) is 0.136. The molecule has 2 aromatic carbocycles. The van der Waals surface area contributed by atoms with Gasteiger partial charge in [0.1, 0.15) is 0 Å². The Labute approximate surface area is 168 Å². The first-order chi connectivity index (χ1) is 13.7. The van der Waals surface area contributed by atoms with Crippen LogP contribution in [-0.4, -0.2) is 33.2 Å². The summed E-state index contributed by atoms with van der Waals surface area (Å²) in [6.45, 7) is 0.666. The minimum atomic E-state index is 0.0381. The highest BCUT2D eigenvalue weighted by atomic mass is 32.2. The molecule has 0 bridgehead atoms. The number of fused-ring (bicyclic) bond motifs is 1. The molecule has 2 heterocycles. The molecule has 140 valence electrons. The predicted octanol–water partition coefficient (Wildman–Crippen LogP) is 4.23. The van der Waals surface area contributed by atoms with Crippen molar-refractivity contribution in [2.75, 3.05) is 17.7 Å². The number of aromatic nitrogens is 3. The van der Waals surface area contributed by atoms with Crippen LogP contribution in [0.1, 0.15) is 5.56 Å². The Kier molecular flexibility index (Phi) is 5.39. The average Bonchev–Trinajstić information content (AvgIpc) is 3.10. The largest absolute Gasteiger partial charge is 0.315 e. The van der Waals surface area contributed by atoms with E-state index >= 15 is 0 Å². The Morgan fingerprint density at radius 2 is 1.82 bits per heavy atom. The lowest BCUT2D eigenvalue weighted by molar-refractivity contribution is -0.115. The fourth-order valence-corrected chi connectivity index (χ4v) is 3.94. The van der Waals surface area contributed by atoms with Gasteiger partial charge in [0.2, 0.25) is 5.91 Å². The molecule has 4 aromatic rings. The van der Waals surface area contributed by atoms with Crippen molar-refractivity contribution in [1.82, 2.24) is 14.5 Å². The van der Waals surface area contributed by atoms with Gasteiger partial charge in [-0.05, 0) is 35.9 Å². The van der Waals surface area contributed by atoms with E-state index < -0.39 is 0 Å². The van der Waals surface area contributed by atoms with E-state index in [1.54, 1.807) is 18.1 Å². The number of hydrogen-bond donors (Lipinski definition) is 0. The molecule has 0 saturated carbocycles. The van der Waals surface area contributed by atoms with Gasteiger partial charge in [-0.25, -0.2) is 4.98 Å². The van der Waals surface area contributed by atoms with Crippen LogP contribution in [0.25, 0.3) is 11.0 Å². The van der Waals surface area contributed by atoms with E-state index in [0.29, 0.717) is 12.3 Å². The highest BCUT2D eigenvalue weighted by molar-refractivity contribution is 7.99. The van der Waals surface area contributed by atoms with Crippen molar-refractivity contribution in [2.45, 2.75) is 11.7 Å². The maximum Gasteiger partial charge on any atom is 0.237 e. The smallest absolute Gasteiger partial charge is 0.237 e. The van der Waals surface area contributed by atoms with Gasteiger partial charge in [-0.3, -0.25) is 9.78 Å². The maximum atomic E-state index is 12.7. The molecule has 28 heavy (non-hydrogen) atoms. The molecule has 0 aliphatic carbocycles. The van der Waals surface area contributed by atoms with Gasteiger partial charge >= 0.3 is 0 Å².